The van der Waals surface area contributed by atoms with Crippen molar-refractivity contribution in [1.29, 1.82) is 0 Å². The van der Waals surface area contributed by atoms with Crippen molar-refractivity contribution in [2.45, 2.75) is 19.9 Å². The molecule has 0 radical (unpaired) electrons. The lowest BCUT2D eigenvalue weighted by Gasteiger charge is -2.24. The van der Waals surface area contributed by atoms with Crippen LogP contribution in [0.2, 0.25) is 0 Å². The number of nitrogens with one attached hydrogen (secondary N) is 2. The van der Waals surface area contributed by atoms with Crippen LogP contribution in [0.5, 0.6) is 0 Å². The summed E-state index contributed by atoms with van der Waals surface area (Å²) >= 11 is 5.12. The van der Waals surface area contributed by atoms with Crippen LogP contribution < -0.4 is 10.6 Å². The first kappa shape index (κ1) is 10.2. The van der Waals surface area contributed by atoms with Crippen LogP contribution in [0.1, 0.15) is 24.1 Å². The molecule has 0 bridgehead atoms. The molecule has 0 amide bonds. The molecule has 1 atom stereocenters. The maximum atomic E-state index is 5.12. The third-order valence-electron chi connectivity index (χ3n) is 2.45. The highest BCUT2D eigenvalue weighted by atomic mass is 32.1. The number of allylic oxidation sites excluding steroid dienone is 1. The maximum absolute atomic E-state index is 5.12. The number of hydrogen-bond donors (Lipinski definition) is 2. The van der Waals surface area contributed by atoms with Gasteiger partial charge < -0.3 is 10.6 Å². The summed E-state index contributed by atoms with van der Waals surface area (Å²) in [5.74, 6) is 0. The molecule has 78 valence electrons. The quantitative estimate of drug-likeness (QED) is 0.708. The standard InChI is InChI=1S/C12H14N2S/c1-8-3-5-10(6-4-8)11-7-9(2)13-12(15)14-11/h3-7,11H,1-2H3,(H2,13,14,15). The highest BCUT2D eigenvalue weighted by Gasteiger charge is 2.14. The van der Waals surface area contributed by atoms with Crippen molar-refractivity contribution in [3.8, 4) is 0 Å². The fraction of sp³-hybridized carbons (Fsp3) is 0.250. The number of rotatable bonds is 1. The predicted octanol–water partition coefficient (Wildman–Crippen LogP) is 2.42. The van der Waals surface area contributed by atoms with E-state index in [0.717, 1.165) is 5.70 Å². The molecule has 0 aromatic heterocycles. The van der Waals surface area contributed by atoms with Crippen LogP contribution in [0.4, 0.5) is 0 Å². The van der Waals surface area contributed by atoms with Crippen molar-refractivity contribution >= 4 is 17.3 Å². The molecule has 0 saturated heterocycles. The van der Waals surface area contributed by atoms with Gasteiger partial charge in [-0.2, -0.15) is 0 Å². The lowest BCUT2D eigenvalue weighted by molar-refractivity contribution is 0.738. The molecule has 1 unspecified atom stereocenters. The van der Waals surface area contributed by atoms with E-state index in [9.17, 15) is 0 Å². The molecule has 1 heterocycles. The van der Waals surface area contributed by atoms with Crippen molar-refractivity contribution in [1.82, 2.24) is 10.6 Å². The minimum Gasteiger partial charge on any atom is -0.352 e. The largest absolute Gasteiger partial charge is 0.352 e. The van der Waals surface area contributed by atoms with Gasteiger partial charge in [-0.1, -0.05) is 29.8 Å². The summed E-state index contributed by atoms with van der Waals surface area (Å²) in [5, 5.41) is 6.99. The lowest BCUT2D eigenvalue weighted by atomic mass is 10.0. The molecule has 1 aliphatic rings. The summed E-state index contributed by atoms with van der Waals surface area (Å²) in [6, 6.07) is 8.69. The summed E-state index contributed by atoms with van der Waals surface area (Å²) in [7, 11) is 0. The molecular weight excluding hydrogens is 204 g/mol. The van der Waals surface area contributed by atoms with Crippen molar-refractivity contribution < 1.29 is 0 Å². The molecule has 2 rings (SSSR count). The van der Waals surface area contributed by atoms with Gasteiger partial charge in [-0.15, -0.1) is 0 Å². The second-order valence-electron chi connectivity index (χ2n) is 3.84. The zero-order chi connectivity index (χ0) is 10.8. The van der Waals surface area contributed by atoms with Gasteiger partial charge in [0.15, 0.2) is 5.11 Å². The molecule has 2 N–H and O–H groups in total. The first-order valence-electron chi connectivity index (χ1n) is 4.97. The molecule has 1 aromatic carbocycles. The normalized spacial score (nSPS) is 20.3. The smallest absolute Gasteiger partial charge is 0.171 e. The van der Waals surface area contributed by atoms with E-state index < -0.39 is 0 Å². The van der Waals surface area contributed by atoms with Gasteiger partial charge in [0.05, 0.1) is 6.04 Å². The first-order valence-corrected chi connectivity index (χ1v) is 5.38. The van der Waals surface area contributed by atoms with Gasteiger partial charge in [-0.05, 0) is 37.7 Å². The van der Waals surface area contributed by atoms with Gasteiger partial charge in [-0.3, -0.25) is 0 Å². The summed E-state index contributed by atoms with van der Waals surface area (Å²) in [5.41, 5.74) is 3.61. The van der Waals surface area contributed by atoms with Gasteiger partial charge >= 0.3 is 0 Å². The van der Waals surface area contributed by atoms with Gasteiger partial charge in [-0.25, -0.2) is 0 Å². The van der Waals surface area contributed by atoms with Crippen molar-refractivity contribution in [3.63, 3.8) is 0 Å². The Morgan fingerprint density at radius 2 is 1.80 bits per heavy atom. The molecule has 15 heavy (non-hydrogen) atoms. The fourth-order valence-electron chi connectivity index (χ4n) is 1.64. The van der Waals surface area contributed by atoms with E-state index in [1.165, 1.54) is 11.1 Å². The van der Waals surface area contributed by atoms with E-state index in [1.807, 2.05) is 6.92 Å². The highest BCUT2D eigenvalue weighted by molar-refractivity contribution is 7.80. The number of hydrogen-bond acceptors (Lipinski definition) is 1. The first-order chi connectivity index (χ1) is 7.15. The van der Waals surface area contributed by atoms with Crippen LogP contribution in [-0.4, -0.2) is 5.11 Å². The Bertz CT molecular complexity index is 406. The summed E-state index contributed by atoms with van der Waals surface area (Å²) in [6.07, 6.45) is 2.14. The van der Waals surface area contributed by atoms with E-state index >= 15 is 0 Å². The highest BCUT2D eigenvalue weighted by Crippen LogP contribution is 2.18. The Morgan fingerprint density at radius 1 is 1.13 bits per heavy atom. The fourth-order valence-corrected chi connectivity index (χ4v) is 1.93. The van der Waals surface area contributed by atoms with E-state index in [0.29, 0.717) is 5.11 Å². The zero-order valence-corrected chi connectivity index (χ0v) is 9.69. The van der Waals surface area contributed by atoms with Crippen LogP contribution in [0.15, 0.2) is 36.0 Å². The van der Waals surface area contributed by atoms with Crippen molar-refractivity contribution in [3.05, 3.63) is 47.2 Å². The number of benzene rings is 1. The van der Waals surface area contributed by atoms with Gasteiger partial charge in [0.2, 0.25) is 0 Å². The predicted molar refractivity (Wildman–Crippen MR) is 66.5 cm³/mol. The zero-order valence-electron chi connectivity index (χ0n) is 8.87. The lowest BCUT2D eigenvalue weighted by Crippen LogP contribution is -2.40. The Kier molecular flexibility index (Phi) is 2.73. The van der Waals surface area contributed by atoms with Crippen LogP contribution in [0.25, 0.3) is 0 Å². The summed E-state index contributed by atoms with van der Waals surface area (Å²) in [4.78, 5) is 0. The van der Waals surface area contributed by atoms with Crippen LogP contribution in [0, 0.1) is 6.92 Å². The molecule has 0 saturated carbocycles. The average molecular weight is 218 g/mol. The minimum absolute atomic E-state index is 0.194. The topological polar surface area (TPSA) is 24.1 Å². The van der Waals surface area contributed by atoms with Gasteiger partial charge in [0, 0.05) is 5.70 Å². The third-order valence-corrected chi connectivity index (χ3v) is 2.67. The van der Waals surface area contributed by atoms with Crippen LogP contribution in [0.3, 0.4) is 0 Å². The second kappa shape index (κ2) is 4.03. The van der Waals surface area contributed by atoms with Crippen molar-refractivity contribution in [2.75, 3.05) is 0 Å². The van der Waals surface area contributed by atoms with Crippen LogP contribution >= 0.6 is 12.2 Å². The van der Waals surface area contributed by atoms with Crippen LogP contribution in [-0.2, 0) is 0 Å². The van der Waals surface area contributed by atoms with Crippen molar-refractivity contribution in [2.24, 2.45) is 0 Å². The Balaban J connectivity index is 2.27. The maximum Gasteiger partial charge on any atom is 0.171 e. The van der Waals surface area contributed by atoms with E-state index in [-0.39, 0.29) is 6.04 Å². The molecular formula is C12H14N2S. The summed E-state index contributed by atoms with van der Waals surface area (Å²) in [6.45, 7) is 4.11. The SMILES string of the molecule is CC1=CC(c2ccc(C)cc2)NC(=S)N1. The van der Waals surface area contributed by atoms with E-state index in [1.54, 1.807) is 0 Å². The van der Waals surface area contributed by atoms with Gasteiger partial charge in [0.1, 0.15) is 0 Å². The Labute approximate surface area is 95.4 Å². The molecule has 0 aliphatic carbocycles. The Hall–Kier alpha value is -1.35. The molecule has 1 aliphatic heterocycles. The Morgan fingerprint density at radius 3 is 2.40 bits per heavy atom. The number of aryl methyl sites for hydroxylation is 1. The van der Waals surface area contributed by atoms with Gasteiger partial charge in [0.25, 0.3) is 0 Å². The summed E-state index contributed by atoms with van der Waals surface area (Å²) < 4.78 is 0. The minimum atomic E-state index is 0.194. The second-order valence-corrected chi connectivity index (χ2v) is 4.24. The molecule has 3 heteroatoms. The molecule has 2 nitrogen and oxygen atoms in total. The number of thiocarbonyl (C=S) groups is 1. The molecule has 1 aromatic rings. The molecule has 0 fully saturated rings. The average Bonchev–Trinajstić information content (AvgIpc) is 2.17. The van der Waals surface area contributed by atoms with E-state index in [2.05, 4.69) is 47.9 Å². The molecule has 0 spiro atoms. The third kappa shape index (κ3) is 2.36. The van der Waals surface area contributed by atoms with E-state index in [4.69, 9.17) is 12.2 Å². The monoisotopic (exact) mass is 218 g/mol.